The molecule has 2 rings (SSSR count). The topological polar surface area (TPSA) is 103 Å². The summed E-state index contributed by atoms with van der Waals surface area (Å²) < 4.78 is 25.7. The van der Waals surface area contributed by atoms with E-state index in [0.29, 0.717) is 11.4 Å². The summed E-state index contributed by atoms with van der Waals surface area (Å²) in [6.45, 7) is 3.29. The molecule has 0 aromatic heterocycles. The van der Waals surface area contributed by atoms with Crippen LogP contribution >= 0.6 is 12.2 Å². The molecule has 10 heteroatoms. The first-order valence-corrected chi connectivity index (χ1v) is 10.5. The van der Waals surface area contributed by atoms with Gasteiger partial charge in [0.1, 0.15) is 0 Å². The molecule has 0 saturated carbocycles. The highest BCUT2D eigenvalue weighted by Gasteiger charge is 2.18. The van der Waals surface area contributed by atoms with Crippen molar-refractivity contribution in [2.24, 2.45) is 5.10 Å². The smallest absolute Gasteiger partial charge is 0.242 e. The molecule has 29 heavy (non-hydrogen) atoms. The highest BCUT2D eigenvalue weighted by atomic mass is 32.2. The molecule has 1 amide bonds. The van der Waals surface area contributed by atoms with Crippen molar-refractivity contribution in [2.75, 3.05) is 24.7 Å². The number of sulfonamides is 1. The van der Waals surface area contributed by atoms with Crippen molar-refractivity contribution < 1.29 is 13.2 Å². The van der Waals surface area contributed by atoms with Crippen LogP contribution in [0.3, 0.4) is 0 Å². The number of carbonyl (C=O) groups excluding carboxylic acids is 1. The van der Waals surface area contributed by atoms with Crippen LogP contribution in [0.5, 0.6) is 0 Å². The number of aryl methyl sites for hydroxylation is 1. The Bertz CT molecular complexity index is 1030. The summed E-state index contributed by atoms with van der Waals surface area (Å²) in [6, 6.07) is 11.9. The van der Waals surface area contributed by atoms with Gasteiger partial charge in [-0.15, -0.1) is 0 Å². The SMILES string of the molecule is CC(=O)Nc1ccc(C=NNC(=S)Nc2cc(S(=O)(=O)N(C)C)ccc2C)cc1. The Morgan fingerprint density at radius 3 is 2.34 bits per heavy atom. The van der Waals surface area contributed by atoms with E-state index in [1.807, 2.05) is 6.92 Å². The lowest BCUT2D eigenvalue weighted by Gasteiger charge is -2.15. The molecule has 0 spiro atoms. The van der Waals surface area contributed by atoms with Gasteiger partial charge in [0.2, 0.25) is 15.9 Å². The molecular formula is C19H23N5O3S2. The fourth-order valence-corrected chi connectivity index (χ4v) is 3.37. The Morgan fingerprint density at radius 2 is 1.76 bits per heavy atom. The Hall–Kier alpha value is -2.82. The number of hydrogen-bond donors (Lipinski definition) is 3. The molecule has 2 aromatic carbocycles. The fraction of sp³-hybridized carbons (Fsp3) is 0.211. The molecule has 0 unspecified atom stereocenters. The maximum absolute atomic E-state index is 12.3. The monoisotopic (exact) mass is 433 g/mol. The lowest BCUT2D eigenvalue weighted by molar-refractivity contribution is -0.114. The van der Waals surface area contributed by atoms with Crippen molar-refractivity contribution in [1.82, 2.24) is 9.73 Å². The molecule has 8 nitrogen and oxygen atoms in total. The van der Waals surface area contributed by atoms with Gasteiger partial charge in [-0.3, -0.25) is 10.2 Å². The molecule has 3 N–H and O–H groups in total. The second kappa shape index (κ2) is 9.59. The van der Waals surface area contributed by atoms with Gasteiger partial charge in [-0.2, -0.15) is 5.10 Å². The second-order valence-corrected chi connectivity index (χ2v) is 8.95. The number of nitrogens with zero attached hydrogens (tertiary/aromatic N) is 2. The summed E-state index contributed by atoms with van der Waals surface area (Å²) in [5, 5.41) is 9.93. The Balaban J connectivity index is 2.02. The predicted molar refractivity (Wildman–Crippen MR) is 120 cm³/mol. The van der Waals surface area contributed by atoms with E-state index < -0.39 is 10.0 Å². The third-order valence-corrected chi connectivity index (χ3v) is 5.85. The molecule has 0 fully saturated rings. The second-order valence-electron chi connectivity index (χ2n) is 6.39. The van der Waals surface area contributed by atoms with Gasteiger partial charge in [0.05, 0.1) is 11.1 Å². The van der Waals surface area contributed by atoms with Crippen LogP contribution in [0.2, 0.25) is 0 Å². The highest BCUT2D eigenvalue weighted by Crippen LogP contribution is 2.21. The first-order chi connectivity index (χ1) is 13.6. The summed E-state index contributed by atoms with van der Waals surface area (Å²) >= 11 is 5.22. The third kappa shape index (κ3) is 6.34. The number of benzene rings is 2. The standard InChI is InChI=1S/C19H23N5O3S2/c1-13-5-10-17(29(26,27)24(3)4)11-18(13)22-19(28)23-20-12-15-6-8-16(9-7-15)21-14(2)25/h5-12H,1-4H3,(H,21,25)(H2,22,23,28). The molecule has 0 aliphatic heterocycles. The molecule has 0 radical (unpaired) electrons. The molecule has 0 aliphatic carbocycles. The van der Waals surface area contributed by atoms with E-state index in [-0.39, 0.29) is 15.9 Å². The van der Waals surface area contributed by atoms with Crippen LogP contribution in [0.4, 0.5) is 11.4 Å². The minimum absolute atomic E-state index is 0.137. The molecule has 0 bridgehead atoms. The molecular weight excluding hydrogens is 410 g/mol. The summed E-state index contributed by atoms with van der Waals surface area (Å²) in [4.78, 5) is 11.2. The van der Waals surface area contributed by atoms with E-state index in [4.69, 9.17) is 12.2 Å². The van der Waals surface area contributed by atoms with Crippen molar-refractivity contribution >= 4 is 50.9 Å². The number of anilines is 2. The zero-order valence-electron chi connectivity index (χ0n) is 16.6. The number of hydrogen-bond acceptors (Lipinski definition) is 5. The third-order valence-electron chi connectivity index (χ3n) is 3.85. The van der Waals surface area contributed by atoms with Crippen LogP contribution in [-0.2, 0) is 14.8 Å². The molecule has 0 saturated heterocycles. The van der Waals surface area contributed by atoms with Crippen molar-refractivity contribution in [3.8, 4) is 0 Å². The Kier molecular flexibility index (Phi) is 7.43. The molecule has 0 aliphatic rings. The minimum atomic E-state index is -3.54. The zero-order chi connectivity index (χ0) is 21.6. The van der Waals surface area contributed by atoms with Crippen LogP contribution in [0.1, 0.15) is 18.1 Å². The van der Waals surface area contributed by atoms with E-state index in [2.05, 4.69) is 21.2 Å². The zero-order valence-corrected chi connectivity index (χ0v) is 18.2. The van der Waals surface area contributed by atoms with Crippen molar-refractivity contribution in [3.05, 3.63) is 53.6 Å². The highest BCUT2D eigenvalue weighted by molar-refractivity contribution is 7.89. The maximum Gasteiger partial charge on any atom is 0.242 e. The minimum Gasteiger partial charge on any atom is -0.331 e. The van der Waals surface area contributed by atoms with E-state index in [1.54, 1.807) is 42.6 Å². The predicted octanol–water partition coefficient (Wildman–Crippen LogP) is 2.52. The van der Waals surface area contributed by atoms with Crippen LogP contribution < -0.4 is 16.1 Å². The van der Waals surface area contributed by atoms with Crippen molar-refractivity contribution in [1.29, 1.82) is 0 Å². The van der Waals surface area contributed by atoms with Crippen LogP contribution in [0.15, 0.2) is 52.5 Å². The van der Waals surface area contributed by atoms with Crippen LogP contribution in [-0.4, -0.2) is 44.1 Å². The average molecular weight is 434 g/mol. The van der Waals surface area contributed by atoms with E-state index in [9.17, 15) is 13.2 Å². The first-order valence-electron chi connectivity index (χ1n) is 8.60. The van der Waals surface area contributed by atoms with Gasteiger partial charge in [-0.05, 0) is 54.5 Å². The Morgan fingerprint density at radius 1 is 1.10 bits per heavy atom. The maximum atomic E-state index is 12.3. The molecule has 0 heterocycles. The van der Waals surface area contributed by atoms with Crippen molar-refractivity contribution in [2.45, 2.75) is 18.7 Å². The number of rotatable bonds is 6. The number of carbonyl (C=O) groups is 1. The van der Waals surface area contributed by atoms with Crippen LogP contribution in [0, 0.1) is 6.92 Å². The van der Waals surface area contributed by atoms with E-state index >= 15 is 0 Å². The number of thiocarbonyl (C=S) groups is 1. The van der Waals surface area contributed by atoms with Gasteiger partial charge >= 0.3 is 0 Å². The van der Waals surface area contributed by atoms with Gasteiger partial charge in [0.15, 0.2) is 5.11 Å². The normalized spacial score (nSPS) is 11.5. The largest absolute Gasteiger partial charge is 0.331 e. The molecule has 0 atom stereocenters. The first kappa shape index (κ1) is 22.5. The number of nitrogens with one attached hydrogen (secondary N) is 3. The summed E-state index contributed by atoms with van der Waals surface area (Å²) in [6.07, 6.45) is 1.57. The van der Waals surface area contributed by atoms with Crippen molar-refractivity contribution in [3.63, 3.8) is 0 Å². The van der Waals surface area contributed by atoms with Gasteiger partial charge in [0, 0.05) is 32.4 Å². The Labute approximate surface area is 176 Å². The van der Waals surface area contributed by atoms with Gasteiger partial charge in [0.25, 0.3) is 0 Å². The number of amides is 1. The van der Waals surface area contributed by atoms with Gasteiger partial charge < -0.3 is 10.6 Å². The van der Waals surface area contributed by atoms with Gasteiger partial charge in [-0.1, -0.05) is 18.2 Å². The van der Waals surface area contributed by atoms with Crippen LogP contribution in [0.25, 0.3) is 0 Å². The van der Waals surface area contributed by atoms with E-state index in [0.717, 1.165) is 15.4 Å². The average Bonchev–Trinajstić information content (AvgIpc) is 2.64. The number of hydrazone groups is 1. The van der Waals surface area contributed by atoms with E-state index in [1.165, 1.54) is 27.1 Å². The fourth-order valence-electron chi connectivity index (χ4n) is 2.28. The summed E-state index contributed by atoms with van der Waals surface area (Å²) in [5.41, 5.74) is 5.61. The molecule has 2 aromatic rings. The quantitative estimate of drug-likeness (QED) is 0.368. The lowest BCUT2D eigenvalue weighted by Crippen LogP contribution is -2.25. The summed E-state index contributed by atoms with van der Waals surface area (Å²) in [7, 11) is -0.586. The lowest BCUT2D eigenvalue weighted by atomic mass is 10.2. The van der Waals surface area contributed by atoms with Gasteiger partial charge in [-0.25, -0.2) is 12.7 Å². The summed E-state index contributed by atoms with van der Waals surface area (Å²) in [5.74, 6) is -0.137. The molecule has 154 valence electrons.